The van der Waals surface area contributed by atoms with Crippen LogP contribution in [0.2, 0.25) is 0 Å². The molecule has 0 saturated carbocycles. The Morgan fingerprint density at radius 1 is 1.21 bits per heavy atom. The third kappa shape index (κ3) is 1.66. The number of carbonyl (C=O) groups is 3. The van der Waals surface area contributed by atoms with Crippen molar-refractivity contribution in [3.63, 3.8) is 0 Å². The van der Waals surface area contributed by atoms with Crippen LogP contribution in [0.4, 0.5) is 0 Å². The van der Waals surface area contributed by atoms with Crippen LogP contribution in [0.25, 0.3) is 0 Å². The average molecular weight is 268 g/mol. The Kier molecular flexibility index (Phi) is 3.15. The van der Waals surface area contributed by atoms with Crippen LogP contribution in [0.5, 0.6) is 0 Å². The Labute approximate surface area is 108 Å². The van der Waals surface area contributed by atoms with Crippen LogP contribution in [-0.2, 0) is 33.3 Å². The Bertz CT molecular complexity index is 516. The second-order valence-corrected chi connectivity index (χ2v) is 3.90. The van der Waals surface area contributed by atoms with E-state index in [2.05, 4.69) is 9.47 Å². The van der Waals surface area contributed by atoms with Gasteiger partial charge in [-0.2, -0.15) is 0 Å². The zero-order chi connectivity index (χ0) is 14.2. The summed E-state index contributed by atoms with van der Waals surface area (Å²) in [5.41, 5.74) is -2.04. The van der Waals surface area contributed by atoms with Crippen molar-refractivity contribution in [1.29, 1.82) is 0 Å². The average Bonchev–Trinajstić information content (AvgIpc) is 2.45. The Hall–Kier alpha value is -2.15. The molecule has 3 rings (SSSR count). The number of esters is 3. The van der Waals surface area contributed by atoms with Crippen molar-refractivity contribution >= 4 is 17.9 Å². The first kappa shape index (κ1) is 13.3. The molecule has 2 heterocycles. The quantitative estimate of drug-likeness (QED) is 0.387. The highest BCUT2D eigenvalue weighted by atomic mass is 16.6. The highest BCUT2D eigenvalue weighted by molar-refractivity contribution is 6.11. The van der Waals surface area contributed by atoms with Crippen molar-refractivity contribution < 1.29 is 33.3 Å². The van der Waals surface area contributed by atoms with E-state index in [4.69, 9.17) is 9.47 Å². The lowest BCUT2D eigenvalue weighted by atomic mass is 9.79. The molecule has 3 aliphatic rings. The molecular formula is C12H12O7. The van der Waals surface area contributed by atoms with Gasteiger partial charge in [0.05, 0.1) is 25.4 Å². The van der Waals surface area contributed by atoms with Crippen molar-refractivity contribution in [2.45, 2.75) is 11.7 Å². The SMILES string of the molecule is COC(=O)C1=C(C(=O)OC)C2(OC)C=CC1OC2=O. The first-order valence-corrected chi connectivity index (χ1v) is 5.38. The standard InChI is InChI=1S/C12H12O7/c1-16-9(13)7-6-4-5-12(18-3,11(15)19-6)8(7)10(14)17-2/h4-6H,1-3H3. The second-order valence-electron chi connectivity index (χ2n) is 3.90. The zero-order valence-corrected chi connectivity index (χ0v) is 10.6. The van der Waals surface area contributed by atoms with Gasteiger partial charge in [-0.3, -0.25) is 0 Å². The van der Waals surface area contributed by atoms with Crippen LogP contribution in [0, 0.1) is 0 Å². The van der Waals surface area contributed by atoms with Gasteiger partial charge in [0, 0.05) is 7.11 Å². The van der Waals surface area contributed by atoms with Crippen molar-refractivity contribution in [1.82, 2.24) is 0 Å². The summed E-state index contributed by atoms with van der Waals surface area (Å²) in [6.07, 6.45) is 1.87. The molecule has 2 unspecified atom stereocenters. The lowest BCUT2D eigenvalue weighted by Crippen LogP contribution is -2.55. The molecule has 102 valence electrons. The minimum Gasteiger partial charge on any atom is -0.466 e. The normalized spacial score (nSPS) is 28.2. The van der Waals surface area contributed by atoms with Crippen LogP contribution < -0.4 is 0 Å². The first-order valence-electron chi connectivity index (χ1n) is 5.38. The molecule has 0 spiro atoms. The monoisotopic (exact) mass is 268 g/mol. The Balaban J connectivity index is 2.69. The van der Waals surface area contributed by atoms with E-state index < -0.39 is 29.6 Å². The Morgan fingerprint density at radius 2 is 1.84 bits per heavy atom. The first-order chi connectivity index (χ1) is 9.01. The smallest absolute Gasteiger partial charge is 0.348 e. The number of fused-ring (bicyclic) bond motifs is 1. The maximum atomic E-state index is 11.9. The fourth-order valence-electron chi connectivity index (χ4n) is 2.16. The Morgan fingerprint density at radius 3 is 2.32 bits per heavy atom. The van der Waals surface area contributed by atoms with Gasteiger partial charge in [-0.25, -0.2) is 14.4 Å². The van der Waals surface area contributed by atoms with Crippen LogP contribution >= 0.6 is 0 Å². The number of hydrogen-bond acceptors (Lipinski definition) is 7. The van der Waals surface area contributed by atoms with Crippen molar-refractivity contribution in [3.8, 4) is 0 Å². The van der Waals surface area contributed by atoms with Gasteiger partial charge >= 0.3 is 17.9 Å². The van der Waals surface area contributed by atoms with Gasteiger partial charge in [0.2, 0.25) is 5.60 Å². The molecule has 1 aliphatic carbocycles. The summed E-state index contributed by atoms with van der Waals surface area (Å²) in [5.74, 6) is -2.38. The highest BCUT2D eigenvalue weighted by Gasteiger charge is 2.57. The zero-order valence-electron chi connectivity index (χ0n) is 10.6. The predicted molar refractivity (Wildman–Crippen MR) is 59.8 cm³/mol. The van der Waals surface area contributed by atoms with E-state index >= 15 is 0 Å². The summed E-state index contributed by atoms with van der Waals surface area (Å²) in [7, 11) is 3.54. The molecule has 0 fully saturated rings. The fourth-order valence-corrected chi connectivity index (χ4v) is 2.16. The molecule has 7 nitrogen and oxygen atoms in total. The second kappa shape index (κ2) is 4.51. The lowest BCUT2D eigenvalue weighted by molar-refractivity contribution is -0.171. The van der Waals surface area contributed by atoms with Crippen LogP contribution in [0.1, 0.15) is 0 Å². The molecule has 7 heteroatoms. The minimum absolute atomic E-state index is 0.0849. The molecule has 2 atom stereocenters. The maximum Gasteiger partial charge on any atom is 0.348 e. The molecule has 0 aromatic rings. The van der Waals surface area contributed by atoms with Gasteiger partial charge in [-0.05, 0) is 12.2 Å². The van der Waals surface area contributed by atoms with Crippen molar-refractivity contribution in [2.24, 2.45) is 0 Å². The molecular weight excluding hydrogens is 256 g/mol. The number of carbonyl (C=O) groups excluding carboxylic acids is 3. The summed E-state index contributed by atoms with van der Waals surface area (Å²) >= 11 is 0. The van der Waals surface area contributed by atoms with E-state index in [0.717, 1.165) is 14.2 Å². The molecule has 0 amide bonds. The fraction of sp³-hybridized carbons (Fsp3) is 0.417. The molecule has 19 heavy (non-hydrogen) atoms. The molecule has 2 bridgehead atoms. The summed E-state index contributed by atoms with van der Waals surface area (Å²) in [6, 6.07) is 0. The van der Waals surface area contributed by atoms with Crippen LogP contribution in [0.3, 0.4) is 0 Å². The number of ether oxygens (including phenoxy) is 4. The predicted octanol–water partition coefficient (Wildman–Crippen LogP) is -0.491. The van der Waals surface area contributed by atoms with Crippen LogP contribution in [-0.4, -0.2) is 50.9 Å². The molecule has 0 aromatic carbocycles. The number of methoxy groups -OCH3 is 3. The molecule has 0 N–H and O–H groups in total. The molecule has 0 saturated heterocycles. The number of hydrogen-bond donors (Lipinski definition) is 0. The van der Waals surface area contributed by atoms with E-state index in [-0.39, 0.29) is 11.1 Å². The highest BCUT2D eigenvalue weighted by Crippen LogP contribution is 2.40. The maximum absolute atomic E-state index is 11.9. The summed E-state index contributed by atoms with van der Waals surface area (Å²) in [5, 5.41) is 0. The topological polar surface area (TPSA) is 88.1 Å². The van der Waals surface area contributed by atoms with Crippen molar-refractivity contribution in [2.75, 3.05) is 21.3 Å². The van der Waals surface area contributed by atoms with E-state index in [1.54, 1.807) is 0 Å². The van der Waals surface area contributed by atoms with E-state index in [0.29, 0.717) is 0 Å². The van der Waals surface area contributed by atoms with E-state index in [1.807, 2.05) is 0 Å². The summed E-state index contributed by atoms with van der Waals surface area (Å²) < 4.78 is 19.4. The molecule has 0 aromatic heterocycles. The van der Waals surface area contributed by atoms with Gasteiger partial charge in [0.1, 0.15) is 0 Å². The van der Waals surface area contributed by atoms with Gasteiger partial charge in [0.15, 0.2) is 6.10 Å². The van der Waals surface area contributed by atoms with Gasteiger partial charge < -0.3 is 18.9 Å². The van der Waals surface area contributed by atoms with Crippen LogP contribution in [0.15, 0.2) is 23.3 Å². The molecule has 0 radical (unpaired) electrons. The lowest BCUT2D eigenvalue weighted by Gasteiger charge is -2.39. The van der Waals surface area contributed by atoms with Gasteiger partial charge in [0.25, 0.3) is 0 Å². The largest absolute Gasteiger partial charge is 0.466 e. The van der Waals surface area contributed by atoms with Gasteiger partial charge in [-0.15, -0.1) is 0 Å². The number of rotatable bonds is 3. The van der Waals surface area contributed by atoms with Crippen molar-refractivity contribution in [3.05, 3.63) is 23.3 Å². The summed E-state index contributed by atoms with van der Waals surface area (Å²) in [4.78, 5) is 35.6. The van der Waals surface area contributed by atoms with E-state index in [1.165, 1.54) is 19.3 Å². The molecule has 2 aliphatic heterocycles. The third-order valence-corrected chi connectivity index (χ3v) is 3.09. The van der Waals surface area contributed by atoms with E-state index in [9.17, 15) is 14.4 Å². The van der Waals surface area contributed by atoms with Gasteiger partial charge in [-0.1, -0.05) is 0 Å². The summed E-state index contributed by atoms with van der Waals surface area (Å²) in [6.45, 7) is 0. The third-order valence-electron chi connectivity index (χ3n) is 3.09. The minimum atomic E-state index is -1.76.